The lowest BCUT2D eigenvalue weighted by atomic mass is 10.1. The number of primary sulfonamides is 1. The average molecular weight is 479 g/mol. The predicted molar refractivity (Wildman–Crippen MR) is 136 cm³/mol. The summed E-state index contributed by atoms with van der Waals surface area (Å²) in [6.07, 6.45) is 2.51. The molecule has 0 atom stereocenters. The molecule has 0 fully saturated rings. The van der Waals surface area contributed by atoms with Gasteiger partial charge in [0.25, 0.3) is 0 Å². The highest BCUT2D eigenvalue weighted by Gasteiger charge is 2.09. The van der Waals surface area contributed by atoms with E-state index >= 15 is 0 Å². The normalized spacial score (nSPS) is 11.2. The lowest BCUT2D eigenvalue weighted by Crippen LogP contribution is -2.19. The van der Waals surface area contributed by atoms with Gasteiger partial charge in [-0.25, -0.2) is 23.5 Å². The molecule has 0 saturated carbocycles. The summed E-state index contributed by atoms with van der Waals surface area (Å²) in [6, 6.07) is 19.9. The molecule has 8 nitrogen and oxygen atoms in total. The number of rotatable bonds is 6. The number of benzene rings is 3. The second-order valence-electron chi connectivity index (χ2n) is 7.28. The molecule has 0 bridgehead atoms. The monoisotopic (exact) mass is 478 g/mol. The summed E-state index contributed by atoms with van der Waals surface area (Å²) in [7, 11) is -3.74. The van der Waals surface area contributed by atoms with Gasteiger partial charge in [-0.15, -0.1) is 0 Å². The molecule has 0 saturated heterocycles. The highest BCUT2D eigenvalue weighted by Crippen LogP contribution is 2.26. The number of aryl methyl sites for hydroxylation is 1. The fraction of sp³-hybridized carbons (Fsp3) is 0.0870. The maximum atomic E-state index is 11.4. The average Bonchev–Trinajstić information content (AvgIpc) is 2.79. The van der Waals surface area contributed by atoms with E-state index in [1.807, 2.05) is 30.3 Å². The second-order valence-corrected chi connectivity index (χ2v) is 9.25. The third-order valence-corrected chi connectivity index (χ3v) is 6.09. The zero-order valence-corrected chi connectivity index (χ0v) is 19.4. The molecule has 1 heterocycles. The van der Waals surface area contributed by atoms with Crippen molar-refractivity contribution >= 4 is 61.1 Å². The van der Waals surface area contributed by atoms with Crippen LogP contribution in [0.3, 0.4) is 0 Å². The van der Waals surface area contributed by atoms with Gasteiger partial charge in [0.2, 0.25) is 10.0 Å². The van der Waals surface area contributed by atoms with E-state index in [1.165, 1.54) is 24.0 Å². The Hall–Kier alpha value is -3.60. The van der Waals surface area contributed by atoms with Gasteiger partial charge >= 0.3 is 0 Å². The van der Waals surface area contributed by atoms with Gasteiger partial charge < -0.3 is 16.0 Å². The van der Waals surface area contributed by atoms with Crippen molar-refractivity contribution in [3.05, 3.63) is 78.6 Å². The summed E-state index contributed by atoms with van der Waals surface area (Å²) in [5.41, 5.74) is 4.37. The van der Waals surface area contributed by atoms with E-state index < -0.39 is 10.0 Å². The molecule has 1 aromatic heterocycles. The first kappa shape index (κ1) is 22.6. The number of aromatic nitrogens is 2. The molecule has 0 aliphatic rings. The Kier molecular flexibility index (Phi) is 6.50. The number of anilines is 4. The van der Waals surface area contributed by atoms with Gasteiger partial charge in [-0.3, -0.25) is 0 Å². The number of fused-ring (bicyclic) bond motifs is 1. The summed E-state index contributed by atoms with van der Waals surface area (Å²) in [5, 5.41) is 15.8. The van der Waals surface area contributed by atoms with Crippen LogP contribution in [-0.4, -0.2) is 23.5 Å². The van der Waals surface area contributed by atoms with Crippen molar-refractivity contribution in [2.45, 2.75) is 18.2 Å². The van der Waals surface area contributed by atoms with Gasteiger partial charge in [0, 0.05) is 22.4 Å². The van der Waals surface area contributed by atoms with E-state index in [9.17, 15) is 8.42 Å². The second kappa shape index (κ2) is 9.49. The molecule has 0 aliphatic heterocycles. The Morgan fingerprint density at radius 1 is 0.909 bits per heavy atom. The molecule has 168 valence electrons. The van der Waals surface area contributed by atoms with E-state index in [1.54, 1.807) is 12.1 Å². The molecule has 33 heavy (non-hydrogen) atoms. The minimum absolute atomic E-state index is 0.0332. The topological polar surface area (TPSA) is 122 Å². The van der Waals surface area contributed by atoms with Gasteiger partial charge in [0.1, 0.15) is 12.1 Å². The van der Waals surface area contributed by atoms with Gasteiger partial charge in [-0.2, -0.15) is 0 Å². The number of nitrogens with two attached hydrogens (primary N) is 1. The van der Waals surface area contributed by atoms with Crippen LogP contribution in [0.15, 0.2) is 78.0 Å². The highest BCUT2D eigenvalue weighted by molar-refractivity contribution is 7.89. The third-order valence-electron chi connectivity index (χ3n) is 4.96. The van der Waals surface area contributed by atoms with Crippen LogP contribution in [0.1, 0.15) is 12.5 Å². The molecular weight excluding hydrogens is 456 g/mol. The minimum atomic E-state index is -3.74. The van der Waals surface area contributed by atoms with Crippen LogP contribution in [0.2, 0.25) is 0 Å². The van der Waals surface area contributed by atoms with Crippen molar-refractivity contribution < 1.29 is 8.42 Å². The SMILES string of the molecule is CCc1ccc(Nc2ncnc3ccc(NC(=S)Nc4ccc(S(N)(=O)=O)cc4)cc23)cc1. The van der Waals surface area contributed by atoms with Crippen molar-refractivity contribution in [2.75, 3.05) is 16.0 Å². The highest BCUT2D eigenvalue weighted by atomic mass is 32.2. The maximum Gasteiger partial charge on any atom is 0.238 e. The first-order valence-electron chi connectivity index (χ1n) is 10.1. The van der Waals surface area contributed by atoms with Crippen LogP contribution in [0.4, 0.5) is 22.9 Å². The largest absolute Gasteiger partial charge is 0.340 e. The summed E-state index contributed by atoms with van der Waals surface area (Å²) < 4.78 is 22.8. The van der Waals surface area contributed by atoms with Gasteiger partial charge in [0.05, 0.1) is 10.4 Å². The lowest BCUT2D eigenvalue weighted by molar-refractivity contribution is 0.598. The van der Waals surface area contributed by atoms with E-state index in [0.29, 0.717) is 16.6 Å². The van der Waals surface area contributed by atoms with E-state index in [4.69, 9.17) is 17.4 Å². The van der Waals surface area contributed by atoms with Gasteiger partial charge in [-0.05, 0) is 78.8 Å². The standard InChI is InChI=1S/C23H22N6O2S2/c1-2-15-3-5-16(6-4-15)27-22-20-13-18(9-12-21(20)25-14-26-22)29-23(32)28-17-7-10-19(11-8-17)33(24,30)31/h3-14H,2H2,1H3,(H2,24,30,31)(H,25,26,27)(H2,28,29,32). The molecule has 4 aromatic rings. The molecule has 0 spiro atoms. The number of hydrogen-bond acceptors (Lipinski definition) is 6. The van der Waals surface area contributed by atoms with Gasteiger partial charge in [-0.1, -0.05) is 19.1 Å². The molecule has 0 unspecified atom stereocenters. The van der Waals surface area contributed by atoms with Crippen molar-refractivity contribution in [3.63, 3.8) is 0 Å². The molecule has 0 radical (unpaired) electrons. The van der Waals surface area contributed by atoms with Crippen LogP contribution in [-0.2, 0) is 16.4 Å². The van der Waals surface area contributed by atoms with E-state index in [-0.39, 0.29) is 4.90 Å². The Balaban J connectivity index is 1.51. The molecule has 0 aliphatic carbocycles. The number of nitrogens with zero attached hydrogens (tertiary/aromatic N) is 2. The fourth-order valence-electron chi connectivity index (χ4n) is 3.22. The fourth-order valence-corrected chi connectivity index (χ4v) is 3.97. The first-order valence-corrected chi connectivity index (χ1v) is 12.1. The molecule has 3 aromatic carbocycles. The van der Waals surface area contributed by atoms with Crippen LogP contribution in [0, 0.1) is 0 Å². The van der Waals surface area contributed by atoms with Gasteiger partial charge in [0.15, 0.2) is 5.11 Å². The van der Waals surface area contributed by atoms with Crippen LogP contribution < -0.4 is 21.1 Å². The maximum absolute atomic E-state index is 11.4. The number of sulfonamides is 1. The number of nitrogens with one attached hydrogen (secondary N) is 3. The van der Waals surface area contributed by atoms with Crippen molar-refractivity contribution in [2.24, 2.45) is 5.14 Å². The first-order chi connectivity index (χ1) is 15.8. The predicted octanol–water partition coefficient (Wildman–Crippen LogP) is 4.39. The Bertz CT molecular complexity index is 1410. The molecule has 0 amide bonds. The Labute approximate surface area is 197 Å². The summed E-state index contributed by atoms with van der Waals surface area (Å²) in [5.74, 6) is 0.686. The smallest absolute Gasteiger partial charge is 0.238 e. The summed E-state index contributed by atoms with van der Waals surface area (Å²) >= 11 is 5.40. The lowest BCUT2D eigenvalue weighted by Gasteiger charge is -2.13. The van der Waals surface area contributed by atoms with Crippen LogP contribution >= 0.6 is 12.2 Å². The molecule has 4 rings (SSSR count). The van der Waals surface area contributed by atoms with Crippen molar-refractivity contribution in [1.29, 1.82) is 0 Å². The Morgan fingerprint density at radius 3 is 2.21 bits per heavy atom. The third kappa shape index (κ3) is 5.61. The van der Waals surface area contributed by atoms with Crippen molar-refractivity contribution in [3.8, 4) is 0 Å². The zero-order chi connectivity index (χ0) is 23.4. The van der Waals surface area contributed by atoms with Crippen LogP contribution in [0.25, 0.3) is 10.9 Å². The molecular formula is C23H22N6O2S2. The zero-order valence-electron chi connectivity index (χ0n) is 17.7. The minimum Gasteiger partial charge on any atom is -0.340 e. The number of hydrogen-bond donors (Lipinski definition) is 4. The number of thiocarbonyl (C=S) groups is 1. The van der Waals surface area contributed by atoms with E-state index in [0.717, 1.165) is 28.7 Å². The van der Waals surface area contributed by atoms with E-state index in [2.05, 4.69) is 45.0 Å². The molecule has 5 N–H and O–H groups in total. The molecule has 10 heteroatoms. The summed E-state index contributed by atoms with van der Waals surface area (Å²) in [6.45, 7) is 2.12. The van der Waals surface area contributed by atoms with Crippen LogP contribution in [0.5, 0.6) is 0 Å². The summed E-state index contributed by atoms with van der Waals surface area (Å²) in [4.78, 5) is 8.78. The quantitative estimate of drug-likeness (QED) is 0.301. The Morgan fingerprint density at radius 2 is 1.55 bits per heavy atom. The van der Waals surface area contributed by atoms with Crippen molar-refractivity contribution in [1.82, 2.24) is 9.97 Å².